The van der Waals surface area contributed by atoms with Gasteiger partial charge in [-0.15, -0.1) is 0 Å². The van der Waals surface area contributed by atoms with E-state index in [1.807, 2.05) is 0 Å². The Hall–Kier alpha value is -2.66. The topological polar surface area (TPSA) is 56.2 Å². The first-order valence-electron chi connectivity index (χ1n) is 12.6. The van der Waals surface area contributed by atoms with Crippen molar-refractivity contribution >= 4 is 16.9 Å². The van der Waals surface area contributed by atoms with Gasteiger partial charge >= 0.3 is 0 Å². The van der Waals surface area contributed by atoms with Crippen LogP contribution in [0.1, 0.15) is 75.2 Å². The Morgan fingerprint density at radius 3 is 2.73 bits per heavy atom. The highest BCUT2D eigenvalue weighted by molar-refractivity contribution is 5.80. The Morgan fingerprint density at radius 1 is 1.15 bits per heavy atom. The zero-order chi connectivity index (χ0) is 23.0. The molecular weight excluding hydrogens is 410 g/mol. The lowest BCUT2D eigenvalue weighted by molar-refractivity contribution is -0.130. The first-order chi connectivity index (χ1) is 16.2. The standard InChI is InChI=1S/C28H37N3O2/c1-3-21(2)23-16-14-22(15-17-23)20-31-25-11-7-6-10-24(25)30-27(31)13-5-4-8-18-29-28(32)26-12-9-19-33-26/h6-7,10-11,14-17,21,26H,3-5,8-9,12-13,18-20H2,1-2H3,(H,29,32). The first kappa shape index (κ1) is 23.5. The SMILES string of the molecule is CCC(C)c1ccc(Cn2c(CCCCCNC(=O)C3CCCO3)nc3ccccc32)cc1. The van der Waals surface area contributed by atoms with E-state index >= 15 is 0 Å². The molecule has 2 heterocycles. The summed E-state index contributed by atoms with van der Waals surface area (Å²) in [5.74, 6) is 1.79. The molecule has 2 aromatic carbocycles. The smallest absolute Gasteiger partial charge is 0.249 e. The third-order valence-electron chi connectivity index (χ3n) is 6.83. The van der Waals surface area contributed by atoms with E-state index in [0.717, 1.165) is 69.4 Å². The summed E-state index contributed by atoms with van der Waals surface area (Å²) in [6, 6.07) is 17.5. The van der Waals surface area contributed by atoms with Crippen LogP contribution in [0, 0.1) is 0 Å². The molecule has 0 aliphatic carbocycles. The average Bonchev–Trinajstić information content (AvgIpc) is 3.50. The van der Waals surface area contributed by atoms with Crippen molar-refractivity contribution in [3.8, 4) is 0 Å². The molecule has 4 rings (SSSR count). The quantitative estimate of drug-likeness (QED) is 0.389. The summed E-state index contributed by atoms with van der Waals surface area (Å²) in [6.45, 7) is 6.79. The second-order valence-corrected chi connectivity index (χ2v) is 9.26. The molecule has 1 fully saturated rings. The lowest BCUT2D eigenvalue weighted by Crippen LogP contribution is -2.34. The van der Waals surface area contributed by atoms with Gasteiger partial charge in [0.1, 0.15) is 11.9 Å². The van der Waals surface area contributed by atoms with Crippen LogP contribution in [0.4, 0.5) is 0 Å². The molecule has 1 saturated heterocycles. The number of fused-ring (bicyclic) bond motifs is 1. The van der Waals surface area contributed by atoms with Crippen LogP contribution in [0.2, 0.25) is 0 Å². The first-order valence-corrected chi connectivity index (χ1v) is 12.6. The van der Waals surface area contributed by atoms with Gasteiger partial charge in [0, 0.05) is 26.1 Å². The number of hydrogen-bond acceptors (Lipinski definition) is 3. The zero-order valence-corrected chi connectivity index (χ0v) is 20.1. The number of aryl methyl sites for hydroxylation is 1. The van der Waals surface area contributed by atoms with Gasteiger partial charge in [-0.05, 0) is 61.3 Å². The molecule has 1 aliphatic rings. The van der Waals surface area contributed by atoms with Crippen LogP contribution in [0.5, 0.6) is 0 Å². The van der Waals surface area contributed by atoms with Crippen LogP contribution in [0.3, 0.4) is 0 Å². The van der Waals surface area contributed by atoms with E-state index in [1.165, 1.54) is 16.6 Å². The zero-order valence-electron chi connectivity index (χ0n) is 20.1. The van der Waals surface area contributed by atoms with E-state index in [4.69, 9.17) is 9.72 Å². The maximum atomic E-state index is 12.0. The van der Waals surface area contributed by atoms with Crippen molar-refractivity contribution in [3.63, 3.8) is 0 Å². The van der Waals surface area contributed by atoms with Crippen molar-refractivity contribution < 1.29 is 9.53 Å². The molecule has 5 heteroatoms. The number of aromatic nitrogens is 2. The number of amides is 1. The number of carbonyl (C=O) groups excluding carboxylic acids is 1. The van der Waals surface area contributed by atoms with Crippen LogP contribution in [0.25, 0.3) is 11.0 Å². The van der Waals surface area contributed by atoms with Gasteiger partial charge in [0.2, 0.25) is 5.91 Å². The van der Waals surface area contributed by atoms with E-state index in [1.54, 1.807) is 0 Å². The number of unbranched alkanes of at least 4 members (excludes halogenated alkanes) is 2. The van der Waals surface area contributed by atoms with Gasteiger partial charge in [0.15, 0.2) is 0 Å². The van der Waals surface area contributed by atoms with Gasteiger partial charge < -0.3 is 14.6 Å². The number of imidazole rings is 1. The molecular formula is C28H37N3O2. The number of para-hydroxylation sites is 2. The lowest BCUT2D eigenvalue weighted by Gasteiger charge is -2.13. The molecule has 0 bridgehead atoms. The number of ether oxygens (including phenoxy) is 1. The lowest BCUT2D eigenvalue weighted by atomic mass is 9.97. The van der Waals surface area contributed by atoms with Crippen LogP contribution in [-0.2, 0) is 22.5 Å². The van der Waals surface area contributed by atoms with E-state index in [-0.39, 0.29) is 12.0 Å². The summed E-state index contributed by atoms with van der Waals surface area (Å²) in [5, 5.41) is 3.02. The predicted molar refractivity (Wildman–Crippen MR) is 134 cm³/mol. The van der Waals surface area contributed by atoms with Crippen molar-refractivity contribution in [1.29, 1.82) is 0 Å². The summed E-state index contributed by atoms with van der Waals surface area (Å²) in [5.41, 5.74) is 4.97. The highest BCUT2D eigenvalue weighted by Crippen LogP contribution is 2.22. The minimum Gasteiger partial charge on any atom is -0.368 e. The highest BCUT2D eigenvalue weighted by Gasteiger charge is 2.22. The molecule has 3 aromatic rings. The third kappa shape index (κ3) is 6.02. The van der Waals surface area contributed by atoms with Gasteiger partial charge in [0.25, 0.3) is 0 Å². The van der Waals surface area contributed by atoms with Gasteiger partial charge in [-0.3, -0.25) is 4.79 Å². The summed E-state index contributed by atoms with van der Waals surface area (Å²) in [4.78, 5) is 17.0. The molecule has 33 heavy (non-hydrogen) atoms. The molecule has 1 aliphatic heterocycles. The molecule has 176 valence electrons. The number of rotatable bonds is 11. The van der Waals surface area contributed by atoms with Crippen molar-refractivity contribution in [2.24, 2.45) is 0 Å². The fourth-order valence-corrected chi connectivity index (χ4v) is 4.56. The van der Waals surface area contributed by atoms with E-state index in [0.29, 0.717) is 12.5 Å². The fourth-order valence-electron chi connectivity index (χ4n) is 4.56. The minimum atomic E-state index is -0.232. The molecule has 0 radical (unpaired) electrons. The highest BCUT2D eigenvalue weighted by atomic mass is 16.5. The largest absolute Gasteiger partial charge is 0.368 e. The normalized spacial score (nSPS) is 16.8. The molecule has 2 unspecified atom stereocenters. The van der Waals surface area contributed by atoms with Gasteiger partial charge in [-0.2, -0.15) is 0 Å². The third-order valence-corrected chi connectivity index (χ3v) is 6.83. The predicted octanol–water partition coefficient (Wildman–Crippen LogP) is 5.61. The van der Waals surface area contributed by atoms with Gasteiger partial charge in [-0.1, -0.05) is 56.7 Å². The van der Waals surface area contributed by atoms with E-state index < -0.39 is 0 Å². The molecule has 1 N–H and O–H groups in total. The van der Waals surface area contributed by atoms with Crippen LogP contribution >= 0.6 is 0 Å². The number of nitrogens with one attached hydrogen (secondary N) is 1. The Balaban J connectivity index is 1.33. The van der Waals surface area contributed by atoms with Gasteiger partial charge in [0.05, 0.1) is 11.0 Å². The van der Waals surface area contributed by atoms with Crippen molar-refractivity contribution in [3.05, 3.63) is 65.5 Å². The Morgan fingerprint density at radius 2 is 1.97 bits per heavy atom. The summed E-state index contributed by atoms with van der Waals surface area (Å²) in [7, 11) is 0. The molecule has 0 saturated carbocycles. The molecule has 5 nitrogen and oxygen atoms in total. The summed E-state index contributed by atoms with van der Waals surface area (Å²) >= 11 is 0. The fraction of sp³-hybridized carbons (Fsp3) is 0.500. The van der Waals surface area contributed by atoms with Crippen LogP contribution in [0.15, 0.2) is 48.5 Å². The van der Waals surface area contributed by atoms with Crippen molar-refractivity contribution in [2.75, 3.05) is 13.2 Å². The number of nitrogens with zero attached hydrogens (tertiary/aromatic N) is 2. The van der Waals surface area contributed by atoms with Crippen LogP contribution in [-0.4, -0.2) is 34.7 Å². The van der Waals surface area contributed by atoms with Crippen molar-refractivity contribution in [2.45, 2.75) is 77.4 Å². The Bertz CT molecular complexity index is 1030. The van der Waals surface area contributed by atoms with E-state index in [9.17, 15) is 4.79 Å². The van der Waals surface area contributed by atoms with Crippen molar-refractivity contribution in [1.82, 2.24) is 14.9 Å². The average molecular weight is 448 g/mol. The molecule has 1 aromatic heterocycles. The maximum Gasteiger partial charge on any atom is 0.249 e. The molecule has 2 atom stereocenters. The van der Waals surface area contributed by atoms with Crippen LogP contribution < -0.4 is 5.32 Å². The second kappa shape index (κ2) is 11.5. The number of hydrogen-bond donors (Lipinski definition) is 1. The Kier molecular flexibility index (Phi) is 8.16. The monoisotopic (exact) mass is 447 g/mol. The number of carbonyl (C=O) groups is 1. The second-order valence-electron chi connectivity index (χ2n) is 9.26. The number of benzene rings is 2. The maximum absolute atomic E-state index is 12.0. The minimum absolute atomic E-state index is 0.0497. The Labute approximate surface area is 197 Å². The summed E-state index contributed by atoms with van der Waals surface area (Å²) in [6.07, 6.45) is 6.82. The molecule has 1 amide bonds. The summed E-state index contributed by atoms with van der Waals surface area (Å²) < 4.78 is 7.81. The van der Waals surface area contributed by atoms with Gasteiger partial charge in [-0.25, -0.2) is 4.98 Å². The van der Waals surface area contributed by atoms with E-state index in [2.05, 4.69) is 72.3 Å². The molecule has 0 spiro atoms.